The fourth-order valence-corrected chi connectivity index (χ4v) is 4.63. The van der Waals surface area contributed by atoms with Crippen LogP contribution in [-0.4, -0.2) is 35.8 Å². The van der Waals surface area contributed by atoms with Crippen LogP contribution in [0.25, 0.3) is 11.1 Å². The smallest absolute Gasteiger partial charge is 0.409 e. The molecular formula is C29H31N3O5. The van der Waals surface area contributed by atoms with Gasteiger partial charge in [0.25, 0.3) is 0 Å². The first kappa shape index (κ1) is 25.8. The third-order valence-corrected chi connectivity index (χ3v) is 6.33. The maximum Gasteiger partial charge on any atom is 0.409 e. The Labute approximate surface area is 216 Å². The molecule has 0 radical (unpaired) electrons. The standard InChI is InChI=1S/C29H31N3O5/c1-18(2)15-26(27(33)30-16-19-11-13-20(14-12-19)31-28(34)35)32-29(36)37-17-25-23-9-5-3-7-21(23)22-8-4-6-10-24(22)25/h3-14,18,25-26,31H,15-17H2,1-2H3,(H,30,33)(H,32,36)(H,34,35)/t26-/m0/s1. The average molecular weight is 502 g/mol. The van der Waals surface area contributed by atoms with Crippen molar-refractivity contribution in [3.8, 4) is 11.1 Å². The van der Waals surface area contributed by atoms with Crippen LogP contribution in [0.3, 0.4) is 0 Å². The topological polar surface area (TPSA) is 117 Å². The highest BCUT2D eigenvalue weighted by Crippen LogP contribution is 2.44. The van der Waals surface area contributed by atoms with Crippen molar-refractivity contribution in [3.63, 3.8) is 0 Å². The van der Waals surface area contributed by atoms with Gasteiger partial charge in [-0.3, -0.25) is 10.1 Å². The molecule has 4 rings (SSSR count). The number of benzene rings is 3. The highest BCUT2D eigenvalue weighted by Gasteiger charge is 2.30. The van der Waals surface area contributed by atoms with Crippen molar-refractivity contribution in [3.05, 3.63) is 89.5 Å². The summed E-state index contributed by atoms with van der Waals surface area (Å²) in [6.07, 6.45) is -1.32. The Hall–Kier alpha value is -4.33. The van der Waals surface area contributed by atoms with E-state index < -0.39 is 18.2 Å². The number of fused-ring (bicyclic) bond motifs is 3. The molecule has 192 valence electrons. The van der Waals surface area contributed by atoms with Crippen molar-refractivity contribution in [2.75, 3.05) is 11.9 Å². The second-order valence-electron chi connectivity index (χ2n) is 9.50. The van der Waals surface area contributed by atoms with E-state index in [0.717, 1.165) is 27.8 Å². The van der Waals surface area contributed by atoms with Gasteiger partial charge in [0.1, 0.15) is 12.6 Å². The second kappa shape index (κ2) is 11.6. The molecule has 0 unspecified atom stereocenters. The first-order valence-electron chi connectivity index (χ1n) is 12.3. The van der Waals surface area contributed by atoms with Crippen LogP contribution >= 0.6 is 0 Å². The number of nitrogens with one attached hydrogen (secondary N) is 3. The highest BCUT2D eigenvalue weighted by molar-refractivity contribution is 5.86. The highest BCUT2D eigenvalue weighted by atomic mass is 16.5. The van der Waals surface area contributed by atoms with Gasteiger partial charge in [-0.15, -0.1) is 0 Å². The van der Waals surface area contributed by atoms with Gasteiger partial charge in [0, 0.05) is 18.2 Å². The van der Waals surface area contributed by atoms with Gasteiger partial charge in [0.05, 0.1) is 0 Å². The Balaban J connectivity index is 1.35. The van der Waals surface area contributed by atoms with Crippen LogP contribution in [0.15, 0.2) is 72.8 Å². The number of carbonyl (C=O) groups is 3. The van der Waals surface area contributed by atoms with Crippen LogP contribution in [-0.2, 0) is 16.1 Å². The lowest BCUT2D eigenvalue weighted by molar-refractivity contribution is -0.123. The maximum absolute atomic E-state index is 12.9. The molecule has 8 heteroatoms. The van der Waals surface area contributed by atoms with Crippen molar-refractivity contribution in [1.82, 2.24) is 10.6 Å². The molecule has 0 heterocycles. The Kier molecular flexibility index (Phi) is 8.08. The van der Waals surface area contributed by atoms with Gasteiger partial charge in [0.2, 0.25) is 5.91 Å². The summed E-state index contributed by atoms with van der Waals surface area (Å²) in [5.41, 5.74) is 5.79. The number of rotatable bonds is 9. The molecule has 8 nitrogen and oxygen atoms in total. The Morgan fingerprint density at radius 3 is 2.05 bits per heavy atom. The van der Waals surface area contributed by atoms with Gasteiger partial charge < -0.3 is 20.5 Å². The van der Waals surface area contributed by atoms with Crippen molar-refractivity contribution in [2.45, 2.75) is 38.8 Å². The molecule has 3 amide bonds. The Morgan fingerprint density at radius 1 is 0.892 bits per heavy atom. The van der Waals surface area contributed by atoms with Crippen LogP contribution in [0.2, 0.25) is 0 Å². The summed E-state index contributed by atoms with van der Waals surface area (Å²) in [4.78, 5) is 36.4. The van der Waals surface area contributed by atoms with Gasteiger partial charge in [-0.25, -0.2) is 9.59 Å². The molecule has 4 N–H and O–H groups in total. The van der Waals surface area contributed by atoms with E-state index in [4.69, 9.17) is 9.84 Å². The van der Waals surface area contributed by atoms with Crippen molar-refractivity contribution in [1.29, 1.82) is 0 Å². The molecule has 0 fully saturated rings. The van der Waals surface area contributed by atoms with E-state index in [0.29, 0.717) is 12.1 Å². The number of anilines is 1. The fraction of sp³-hybridized carbons (Fsp3) is 0.276. The summed E-state index contributed by atoms with van der Waals surface area (Å²) in [6.45, 7) is 4.38. The number of carbonyl (C=O) groups excluding carboxylic acids is 2. The van der Waals surface area contributed by atoms with E-state index in [9.17, 15) is 14.4 Å². The molecule has 3 aromatic rings. The Morgan fingerprint density at radius 2 is 1.49 bits per heavy atom. The normalized spacial score (nSPS) is 12.8. The van der Waals surface area contributed by atoms with Gasteiger partial charge in [0.15, 0.2) is 0 Å². The van der Waals surface area contributed by atoms with Gasteiger partial charge in [-0.2, -0.15) is 0 Å². The minimum absolute atomic E-state index is 0.0610. The number of hydrogen-bond donors (Lipinski definition) is 4. The van der Waals surface area contributed by atoms with E-state index in [2.05, 4.69) is 40.2 Å². The van der Waals surface area contributed by atoms with Crippen molar-refractivity contribution < 1.29 is 24.2 Å². The van der Waals surface area contributed by atoms with Crippen LogP contribution in [0, 0.1) is 5.92 Å². The van der Waals surface area contributed by atoms with Crippen molar-refractivity contribution in [2.24, 2.45) is 5.92 Å². The van der Waals surface area contributed by atoms with E-state index in [-0.39, 0.29) is 30.9 Å². The predicted molar refractivity (Wildman–Crippen MR) is 141 cm³/mol. The lowest BCUT2D eigenvalue weighted by Gasteiger charge is -2.21. The number of alkyl carbamates (subject to hydrolysis) is 1. The molecule has 0 aromatic heterocycles. The van der Waals surface area contributed by atoms with Crippen LogP contribution < -0.4 is 16.0 Å². The number of amides is 3. The number of hydrogen-bond acceptors (Lipinski definition) is 4. The maximum atomic E-state index is 12.9. The molecular weight excluding hydrogens is 470 g/mol. The molecule has 37 heavy (non-hydrogen) atoms. The summed E-state index contributed by atoms with van der Waals surface area (Å²) >= 11 is 0. The molecule has 0 aliphatic heterocycles. The van der Waals surface area contributed by atoms with E-state index in [1.165, 1.54) is 0 Å². The molecule has 0 saturated heterocycles. The molecule has 0 saturated carbocycles. The summed E-state index contributed by atoms with van der Waals surface area (Å²) in [6, 6.07) is 22.2. The van der Waals surface area contributed by atoms with Gasteiger partial charge in [-0.1, -0.05) is 74.5 Å². The summed E-state index contributed by atoms with van der Waals surface area (Å²) in [5, 5.41) is 16.6. The van der Waals surface area contributed by atoms with Crippen LogP contribution in [0.5, 0.6) is 0 Å². The lowest BCUT2D eigenvalue weighted by atomic mass is 9.98. The summed E-state index contributed by atoms with van der Waals surface area (Å²) in [7, 11) is 0. The average Bonchev–Trinajstić information content (AvgIpc) is 3.19. The zero-order valence-electron chi connectivity index (χ0n) is 20.9. The first-order valence-corrected chi connectivity index (χ1v) is 12.3. The van der Waals surface area contributed by atoms with E-state index >= 15 is 0 Å². The monoisotopic (exact) mass is 501 g/mol. The van der Waals surface area contributed by atoms with Crippen LogP contribution in [0.4, 0.5) is 15.3 Å². The van der Waals surface area contributed by atoms with Crippen molar-refractivity contribution >= 4 is 23.8 Å². The summed E-state index contributed by atoms with van der Waals surface area (Å²) < 4.78 is 5.62. The largest absolute Gasteiger partial charge is 0.465 e. The quantitative estimate of drug-likeness (QED) is 0.316. The molecule has 1 aliphatic rings. The molecule has 0 spiro atoms. The minimum Gasteiger partial charge on any atom is -0.465 e. The SMILES string of the molecule is CC(C)C[C@H](NC(=O)OCC1c2ccccc2-c2ccccc21)C(=O)NCc1ccc(NC(=O)O)cc1. The molecule has 1 atom stereocenters. The molecule has 1 aliphatic carbocycles. The van der Waals surface area contributed by atoms with E-state index in [1.807, 2.05) is 38.1 Å². The van der Waals surface area contributed by atoms with Crippen LogP contribution in [0.1, 0.15) is 42.9 Å². The minimum atomic E-state index is -1.14. The molecule has 0 bridgehead atoms. The van der Waals surface area contributed by atoms with E-state index in [1.54, 1.807) is 24.3 Å². The fourth-order valence-electron chi connectivity index (χ4n) is 4.63. The second-order valence-corrected chi connectivity index (χ2v) is 9.50. The lowest BCUT2D eigenvalue weighted by Crippen LogP contribution is -2.47. The first-order chi connectivity index (χ1) is 17.8. The Bertz CT molecular complexity index is 1230. The third-order valence-electron chi connectivity index (χ3n) is 6.33. The van der Waals surface area contributed by atoms with Gasteiger partial charge >= 0.3 is 12.2 Å². The molecule has 3 aromatic carbocycles. The number of carboxylic acid groups (broad SMARTS) is 1. The summed E-state index contributed by atoms with van der Waals surface area (Å²) in [5.74, 6) is -0.199. The number of ether oxygens (including phenoxy) is 1. The predicted octanol–water partition coefficient (Wildman–Crippen LogP) is 5.35. The van der Waals surface area contributed by atoms with Gasteiger partial charge in [-0.05, 0) is 52.3 Å². The third kappa shape index (κ3) is 6.46. The zero-order valence-corrected chi connectivity index (χ0v) is 20.9. The zero-order chi connectivity index (χ0) is 26.4.